The third-order valence-corrected chi connectivity index (χ3v) is 3.05. The van der Waals surface area contributed by atoms with Crippen LogP contribution in [0.3, 0.4) is 0 Å². The van der Waals surface area contributed by atoms with E-state index in [1.807, 2.05) is 0 Å². The van der Waals surface area contributed by atoms with Gasteiger partial charge in [0, 0.05) is 18.5 Å². The van der Waals surface area contributed by atoms with Gasteiger partial charge in [-0.05, 0) is 6.07 Å². The van der Waals surface area contributed by atoms with Crippen molar-refractivity contribution in [3.63, 3.8) is 0 Å². The molecule has 3 N–H and O–H groups in total. The first-order chi connectivity index (χ1) is 7.63. The summed E-state index contributed by atoms with van der Waals surface area (Å²) in [6.45, 7) is 0.553. The number of anilines is 1. The van der Waals surface area contributed by atoms with Crippen molar-refractivity contribution in [2.75, 3.05) is 23.4 Å². The normalized spacial score (nSPS) is 10.2. The van der Waals surface area contributed by atoms with Crippen LogP contribution in [0.1, 0.15) is 0 Å². The van der Waals surface area contributed by atoms with Gasteiger partial charge in [-0.25, -0.2) is 4.98 Å². The Morgan fingerprint density at radius 1 is 1.56 bits per heavy atom. The maximum atomic E-state index is 11.4. The Bertz CT molecular complexity index is 376. The van der Waals surface area contributed by atoms with Crippen molar-refractivity contribution >= 4 is 46.7 Å². The molecule has 0 unspecified atom stereocenters. The second-order valence-electron chi connectivity index (χ2n) is 2.87. The maximum Gasteiger partial charge on any atom is 0.235 e. The number of carbonyl (C=O) groups excluding carboxylic acids is 1. The Kier molecular flexibility index (Phi) is 5.90. The number of nitrogens with zero attached hydrogens (tertiary/aromatic N) is 1. The van der Waals surface area contributed by atoms with Crippen LogP contribution in [0.4, 0.5) is 5.82 Å². The van der Waals surface area contributed by atoms with E-state index >= 15 is 0 Å². The summed E-state index contributed by atoms with van der Waals surface area (Å²) in [7, 11) is 0. The number of rotatable bonds is 5. The maximum absolute atomic E-state index is 11.4. The number of pyridine rings is 1. The lowest BCUT2D eigenvalue weighted by atomic mass is 10.4. The molecule has 7 heteroatoms. The molecule has 0 saturated carbocycles. The van der Waals surface area contributed by atoms with Gasteiger partial charge in [0.25, 0.3) is 0 Å². The van der Waals surface area contributed by atoms with Crippen LogP contribution in [0.15, 0.2) is 12.3 Å². The highest BCUT2D eigenvalue weighted by atomic mass is 35.5. The minimum Gasteiger partial charge on any atom is -0.330 e. The van der Waals surface area contributed by atoms with Crippen LogP contribution >= 0.6 is 35.0 Å². The van der Waals surface area contributed by atoms with Gasteiger partial charge in [-0.3, -0.25) is 4.79 Å². The van der Waals surface area contributed by atoms with Crippen molar-refractivity contribution in [3.05, 3.63) is 22.3 Å². The molecule has 0 aliphatic heterocycles. The number of hydrogen-bond donors (Lipinski definition) is 2. The number of halogens is 2. The van der Waals surface area contributed by atoms with E-state index in [0.29, 0.717) is 28.2 Å². The number of amides is 1. The molecule has 0 aromatic carbocycles. The Morgan fingerprint density at radius 3 is 2.94 bits per heavy atom. The van der Waals surface area contributed by atoms with Crippen molar-refractivity contribution < 1.29 is 4.79 Å². The molecule has 1 rings (SSSR count). The van der Waals surface area contributed by atoms with Gasteiger partial charge < -0.3 is 11.1 Å². The molecule has 16 heavy (non-hydrogen) atoms. The largest absolute Gasteiger partial charge is 0.330 e. The average Bonchev–Trinajstić information content (AvgIpc) is 2.23. The van der Waals surface area contributed by atoms with Crippen LogP contribution in [0.2, 0.25) is 10.0 Å². The molecule has 1 amide bonds. The second kappa shape index (κ2) is 6.96. The van der Waals surface area contributed by atoms with E-state index in [0.717, 1.165) is 5.75 Å². The number of hydrogen-bond acceptors (Lipinski definition) is 4. The topological polar surface area (TPSA) is 68.0 Å². The summed E-state index contributed by atoms with van der Waals surface area (Å²) in [5.41, 5.74) is 5.31. The molecule has 0 bridgehead atoms. The minimum atomic E-state index is -0.157. The van der Waals surface area contributed by atoms with Crippen LogP contribution in [-0.2, 0) is 4.79 Å². The molecule has 0 aliphatic carbocycles. The smallest absolute Gasteiger partial charge is 0.235 e. The molecule has 0 spiro atoms. The number of carbonyl (C=O) groups is 1. The Morgan fingerprint density at radius 2 is 2.31 bits per heavy atom. The van der Waals surface area contributed by atoms with Crippen molar-refractivity contribution in [1.82, 2.24) is 4.98 Å². The molecule has 1 aromatic heterocycles. The van der Waals surface area contributed by atoms with Gasteiger partial charge in [-0.2, -0.15) is 11.8 Å². The van der Waals surface area contributed by atoms with E-state index < -0.39 is 0 Å². The van der Waals surface area contributed by atoms with E-state index in [4.69, 9.17) is 28.9 Å². The number of nitrogens with two attached hydrogens (primary N) is 1. The summed E-state index contributed by atoms with van der Waals surface area (Å²) in [6, 6.07) is 1.53. The third kappa shape index (κ3) is 4.57. The van der Waals surface area contributed by atoms with Gasteiger partial charge in [0.15, 0.2) is 5.82 Å². The van der Waals surface area contributed by atoms with Gasteiger partial charge in [0.05, 0.1) is 15.8 Å². The molecule has 1 aromatic rings. The summed E-state index contributed by atoms with van der Waals surface area (Å²) in [5.74, 6) is 1.24. The molecule has 0 fully saturated rings. The van der Waals surface area contributed by atoms with Gasteiger partial charge >= 0.3 is 0 Å². The molecule has 4 nitrogen and oxygen atoms in total. The molecule has 0 aliphatic rings. The Hall–Kier alpha value is -0.490. The van der Waals surface area contributed by atoms with E-state index in [-0.39, 0.29) is 5.91 Å². The fraction of sp³-hybridized carbons (Fsp3) is 0.333. The van der Waals surface area contributed by atoms with Gasteiger partial charge in [-0.15, -0.1) is 0 Å². The lowest BCUT2D eigenvalue weighted by molar-refractivity contribution is -0.113. The Balaban J connectivity index is 2.49. The lowest BCUT2D eigenvalue weighted by Gasteiger charge is -2.05. The first-order valence-electron chi connectivity index (χ1n) is 4.52. The molecule has 1 heterocycles. The van der Waals surface area contributed by atoms with Crippen LogP contribution in [0.25, 0.3) is 0 Å². The number of aromatic nitrogens is 1. The van der Waals surface area contributed by atoms with Gasteiger partial charge in [0.2, 0.25) is 5.91 Å². The zero-order valence-corrected chi connectivity index (χ0v) is 10.7. The zero-order chi connectivity index (χ0) is 12.0. The van der Waals surface area contributed by atoms with E-state index in [2.05, 4.69) is 10.3 Å². The van der Waals surface area contributed by atoms with E-state index in [1.165, 1.54) is 24.0 Å². The quantitative estimate of drug-likeness (QED) is 0.810. The van der Waals surface area contributed by atoms with E-state index in [9.17, 15) is 4.79 Å². The second-order valence-corrected chi connectivity index (χ2v) is 4.82. The Labute approximate surface area is 108 Å². The first kappa shape index (κ1) is 13.6. The predicted molar refractivity (Wildman–Crippen MR) is 69.3 cm³/mol. The van der Waals surface area contributed by atoms with Gasteiger partial charge in [-0.1, -0.05) is 23.2 Å². The van der Waals surface area contributed by atoms with Crippen LogP contribution in [0, 0.1) is 0 Å². The van der Waals surface area contributed by atoms with Gasteiger partial charge in [0.1, 0.15) is 0 Å². The first-order valence-corrected chi connectivity index (χ1v) is 6.43. The molecular formula is C9H11Cl2N3OS. The standard InChI is InChI=1S/C9H11Cl2N3OS/c10-6-3-7(11)9(13-4-6)14-8(15)5-16-2-1-12/h3-4H,1-2,5,12H2,(H,13,14,15). The van der Waals surface area contributed by atoms with Crippen LogP contribution in [-0.4, -0.2) is 28.9 Å². The monoisotopic (exact) mass is 279 g/mol. The summed E-state index contributed by atoms with van der Waals surface area (Å²) < 4.78 is 0. The molecule has 0 radical (unpaired) electrons. The summed E-state index contributed by atoms with van der Waals surface area (Å²) in [4.78, 5) is 15.3. The SMILES string of the molecule is NCCSCC(=O)Nc1ncc(Cl)cc1Cl. The summed E-state index contributed by atoms with van der Waals surface area (Å²) in [6.07, 6.45) is 1.43. The highest BCUT2D eigenvalue weighted by molar-refractivity contribution is 7.99. The summed E-state index contributed by atoms with van der Waals surface area (Å²) >= 11 is 13.0. The average molecular weight is 280 g/mol. The summed E-state index contributed by atoms with van der Waals surface area (Å²) in [5, 5.41) is 3.35. The lowest BCUT2D eigenvalue weighted by Crippen LogP contribution is -2.16. The van der Waals surface area contributed by atoms with Crippen molar-refractivity contribution in [2.24, 2.45) is 5.73 Å². The van der Waals surface area contributed by atoms with Crippen LogP contribution in [0.5, 0.6) is 0 Å². The zero-order valence-electron chi connectivity index (χ0n) is 8.37. The highest BCUT2D eigenvalue weighted by Gasteiger charge is 2.07. The van der Waals surface area contributed by atoms with Crippen molar-refractivity contribution in [1.29, 1.82) is 0 Å². The van der Waals surface area contributed by atoms with Crippen molar-refractivity contribution in [2.45, 2.75) is 0 Å². The number of thioether (sulfide) groups is 1. The molecule has 0 saturated heterocycles. The fourth-order valence-corrected chi connectivity index (χ4v) is 1.92. The minimum absolute atomic E-state index is 0.157. The third-order valence-electron chi connectivity index (χ3n) is 1.56. The van der Waals surface area contributed by atoms with Crippen molar-refractivity contribution in [3.8, 4) is 0 Å². The predicted octanol–water partition coefficient (Wildman–Crippen LogP) is 2.02. The molecule has 0 atom stereocenters. The fourth-order valence-electron chi connectivity index (χ4n) is 0.923. The van der Waals surface area contributed by atoms with Crippen LogP contribution < -0.4 is 11.1 Å². The molecule has 88 valence electrons. The molecular weight excluding hydrogens is 269 g/mol. The van der Waals surface area contributed by atoms with E-state index in [1.54, 1.807) is 0 Å². The number of nitrogens with one attached hydrogen (secondary N) is 1. The highest BCUT2D eigenvalue weighted by Crippen LogP contribution is 2.22.